The molecule has 6 nitrogen and oxygen atoms in total. The molecule has 1 N–H and O–H groups in total. The first kappa shape index (κ1) is 23.4. The number of hydrogen-bond donors (Lipinski definition) is 1. The highest BCUT2D eigenvalue weighted by Gasteiger charge is 2.28. The van der Waals surface area contributed by atoms with Crippen LogP contribution >= 0.6 is 23.1 Å². The highest BCUT2D eigenvalue weighted by atomic mass is 32.2. The second-order valence-electron chi connectivity index (χ2n) is 6.50. The van der Waals surface area contributed by atoms with Crippen molar-refractivity contribution >= 4 is 39.1 Å². The molecule has 10 heteroatoms. The number of ether oxygens (including phenoxy) is 1. The van der Waals surface area contributed by atoms with Gasteiger partial charge in [0.1, 0.15) is 28.4 Å². The van der Waals surface area contributed by atoms with Gasteiger partial charge in [-0.2, -0.15) is 16.5 Å². The van der Waals surface area contributed by atoms with Crippen LogP contribution in [0, 0.1) is 5.82 Å². The Kier molecular flexibility index (Phi) is 8.19. The first-order valence-electron chi connectivity index (χ1n) is 9.33. The maximum atomic E-state index is 14.0. The maximum absolute atomic E-state index is 14.0. The minimum absolute atomic E-state index is 0.0840. The average Bonchev–Trinajstić information content (AvgIpc) is 3.25. The third-order valence-electron chi connectivity index (χ3n) is 4.25. The molecule has 0 bridgehead atoms. The van der Waals surface area contributed by atoms with Crippen molar-refractivity contribution in [3.05, 3.63) is 71.5 Å². The first-order valence-corrected chi connectivity index (χ1v) is 13.1. The molecule has 0 aliphatic carbocycles. The van der Waals surface area contributed by atoms with Gasteiger partial charge in [-0.05, 0) is 30.6 Å². The number of thioether (sulfide) groups is 1. The van der Waals surface area contributed by atoms with Crippen molar-refractivity contribution < 1.29 is 22.3 Å². The number of thiazole rings is 1. The molecule has 2 aromatic carbocycles. The summed E-state index contributed by atoms with van der Waals surface area (Å²) in [7, 11) is -4.23. The fourth-order valence-corrected chi connectivity index (χ4v) is 5.29. The van der Waals surface area contributed by atoms with E-state index in [0.717, 1.165) is 22.7 Å². The molecular formula is C21H21FN2O4S3. The monoisotopic (exact) mass is 480 g/mol. The Morgan fingerprint density at radius 1 is 1.19 bits per heavy atom. The van der Waals surface area contributed by atoms with Crippen molar-refractivity contribution in [1.29, 1.82) is 0 Å². The Hall–Kier alpha value is -2.27. The zero-order chi connectivity index (χ0) is 22.3. The lowest BCUT2D eigenvalue weighted by Gasteiger charge is -2.17. The topological polar surface area (TPSA) is 85.4 Å². The van der Waals surface area contributed by atoms with Crippen molar-refractivity contribution in [2.45, 2.75) is 24.0 Å². The summed E-state index contributed by atoms with van der Waals surface area (Å²) >= 11 is 2.89. The summed E-state index contributed by atoms with van der Waals surface area (Å²) in [6, 6.07) is 13.5. The minimum Gasteiger partial charge on any atom is -0.458 e. The van der Waals surface area contributed by atoms with E-state index in [0.29, 0.717) is 11.4 Å². The standard InChI is InChI=1S/C21H21FN2O4S3/c1-29-12-11-18(24-31(26,27)19-10-6-5-9-17(19)22)21(25)28-13-16-14-30-20(23-16)15-7-3-2-4-8-15/h2-10,14,18,24H,11-13H2,1H3. The second kappa shape index (κ2) is 10.9. The normalized spacial score (nSPS) is 12.5. The molecule has 0 amide bonds. The highest BCUT2D eigenvalue weighted by Crippen LogP contribution is 2.23. The van der Waals surface area contributed by atoms with Crippen LogP contribution in [0.2, 0.25) is 0 Å². The first-order chi connectivity index (χ1) is 14.9. The summed E-state index contributed by atoms with van der Waals surface area (Å²) < 4.78 is 46.7. The summed E-state index contributed by atoms with van der Waals surface area (Å²) in [4.78, 5) is 16.6. The van der Waals surface area contributed by atoms with Gasteiger partial charge in [-0.15, -0.1) is 11.3 Å². The van der Waals surface area contributed by atoms with Gasteiger partial charge in [-0.3, -0.25) is 4.79 Å². The van der Waals surface area contributed by atoms with E-state index in [1.807, 2.05) is 36.6 Å². The molecule has 0 aliphatic heterocycles. The van der Waals surface area contributed by atoms with Crippen molar-refractivity contribution in [1.82, 2.24) is 9.71 Å². The van der Waals surface area contributed by atoms with E-state index in [9.17, 15) is 17.6 Å². The SMILES string of the molecule is CSCCC(NS(=O)(=O)c1ccccc1F)C(=O)OCc1csc(-c2ccccc2)n1. The van der Waals surface area contributed by atoms with E-state index in [2.05, 4.69) is 9.71 Å². The Bertz CT molecular complexity index is 1120. The maximum Gasteiger partial charge on any atom is 0.324 e. The summed E-state index contributed by atoms with van der Waals surface area (Å²) in [6.07, 6.45) is 2.05. The van der Waals surface area contributed by atoms with Gasteiger partial charge in [-0.1, -0.05) is 42.5 Å². The quantitative estimate of drug-likeness (QED) is 0.440. The molecule has 3 aromatic rings. The number of sulfonamides is 1. The molecule has 0 saturated carbocycles. The second-order valence-corrected chi connectivity index (χ2v) is 10.0. The van der Waals surface area contributed by atoms with Gasteiger partial charge in [-0.25, -0.2) is 17.8 Å². The summed E-state index contributed by atoms with van der Waals surface area (Å²) in [5.74, 6) is -1.10. The number of carbonyl (C=O) groups is 1. The molecule has 3 rings (SSSR count). The van der Waals surface area contributed by atoms with Crippen LogP contribution in [-0.2, 0) is 26.2 Å². The molecule has 1 unspecified atom stereocenters. The smallest absolute Gasteiger partial charge is 0.324 e. The van der Waals surface area contributed by atoms with Crippen LogP contribution in [0.1, 0.15) is 12.1 Å². The van der Waals surface area contributed by atoms with E-state index >= 15 is 0 Å². The van der Waals surface area contributed by atoms with Gasteiger partial charge in [0.25, 0.3) is 0 Å². The molecule has 0 saturated heterocycles. The number of nitrogens with one attached hydrogen (secondary N) is 1. The van der Waals surface area contributed by atoms with Crippen LogP contribution in [0.4, 0.5) is 4.39 Å². The van der Waals surface area contributed by atoms with Gasteiger partial charge in [0.05, 0.1) is 5.69 Å². The van der Waals surface area contributed by atoms with Gasteiger partial charge >= 0.3 is 5.97 Å². The molecule has 0 aliphatic rings. The Labute approximate surface area is 188 Å². The lowest BCUT2D eigenvalue weighted by atomic mass is 10.2. The largest absolute Gasteiger partial charge is 0.458 e. The van der Waals surface area contributed by atoms with Crippen LogP contribution in [0.5, 0.6) is 0 Å². The van der Waals surface area contributed by atoms with Crippen molar-refractivity contribution in [3.63, 3.8) is 0 Å². The van der Waals surface area contributed by atoms with E-state index in [1.54, 1.807) is 5.38 Å². The molecular weight excluding hydrogens is 459 g/mol. The fourth-order valence-electron chi connectivity index (χ4n) is 2.71. The third-order valence-corrected chi connectivity index (χ3v) is 7.34. The van der Waals surface area contributed by atoms with E-state index in [1.165, 1.54) is 35.2 Å². The number of carbonyl (C=O) groups excluding carboxylic acids is 1. The fraction of sp³-hybridized carbons (Fsp3) is 0.238. The Balaban J connectivity index is 1.67. The van der Waals surface area contributed by atoms with E-state index < -0.39 is 32.7 Å². The predicted molar refractivity (Wildman–Crippen MR) is 121 cm³/mol. The highest BCUT2D eigenvalue weighted by molar-refractivity contribution is 7.98. The van der Waals surface area contributed by atoms with Crippen LogP contribution in [0.15, 0.2) is 64.9 Å². The van der Waals surface area contributed by atoms with E-state index in [4.69, 9.17) is 4.74 Å². The lowest BCUT2D eigenvalue weighted by Crippen LogP contribution is -2.42. The predicted octanol–water partition coefficient (Wildman–Crippen LogP) is 4.09. The van der Waals surface area contributed by atoms with Crippen molar-refractivity contribution in [2.24, 2.45) is 0 Å². The zero-order valence-corrected chi connectivity index (χ0v) is 19.1. The average molecular weight is 481 g/mol. The molecule has 1 aromatic heterocycles. The summed E-state index contributed by atoms with van der Waals surface area (Å²) in [5, 5.41) is 2.58. The Morgan fingerprint density at radius 2 is 1.90 bits per heavy atom. The molecule has 0 fully saturated rings. The molecule has 31 heavy (non-hydrogen) atoms. The summed E-state index contributed by atoms with van der Waals surface area (Å²) in [5.41, 5.74) is 1.53. The molecule has 1 atom stereocenters. The zero-order valence-electron chi connectivity index (χ0n) is 16.7. The third kappa shape index (κ3) is 6.36. The van der Waals surface area contributed by atoms with Crippen molar-refractivity contribution in [2.75, 3.05) is 12.0 Å². The van der Waals surface area contributed by atoms with Crippen LogP contribution in [-0.4, -0.2) is 37.4 Å². The van der Waals surface area contributed by atoms with E-state index in [-0.39, 0.29) is 13.0 Å². The Morgan fingerprint density at radius 3 is 2.61 bits per heavy atom. The van der Waals surface area contributed by atoms with Gasteiger partial charge in [0.15, 0.2) is 0 Å². The lowest BCUT2D eigenvalue weighted by molar-refractivity contribution is -0.147. The number of hydrogen-bond acceptors (Lipinski definition) is 7. The number of esters is 1. The molecule has 0 spiro atoms. The van der Waals surface area contributed by atoms with Crippen LogP contribution in [0.3, 0.4) is 0 Å². The van der Waals surface area contributed by atoms with Crippen LogP contribution in [0.25, 0.3) is 10.6 Å². The van der Waals surface area contributed by atoms with Crippen LogP contribution < -0.4 is 4.72 Å². The number of halogens is 1. The van der Waals surface area contributed by atoms with Gasteiger partial charge < -0.3 is 4.74 Å². The molecule has 1 heterocycles. The number of rotatable bonds is 10. The van der Waals surface area contributed by atoms with Gasteiger partial charge in [0.2, 0.25) is 10.0 Å². The molecule has 164 valence electrons. The summed E-state index contributed by atoms with van der Waals surface area (Å²) in [6.45, 7) is -0.0840. The molecule has 0 radical (unpaired) electrons. The number of nitrogens with zero attached hydrogens (tertiary/aromatic N) is 1. The van der Waals surface area contributed by atoms with Gasteiger partial charge in [0, 0.05) is 10.9 Å². The van der Waals surface area contributed by atoms with Crippen molar-refractivity contribution in [3.8, 4) is 10.6 Å². The minimum atomic E-state index is -4.23. The number of benzene rings is 2. The number of aromatic nitrogens is 1.